The van der Waals surface area contributed by atoms with Gasteiger partial charge in [0.15, 0.2) is 0 Å². The Balaban J connectivity index is 1.83. The summed E-state index contributed by atoms with van der Waals surface area (Å²) in [6, 6.07) is 8.86. The molecule has 0 saturated heterocycles. The van der Waals surface area contributed by atoms with Crippen LogP contribution in [-0.4, -0.2) is 21.2 Å². The highest BCUT2D eigenvalue weighted by atomic mass is 16.3. The molecule has 1 atom stereocenters. The Morgan fingerprint density at radius 3 is 2.82 bits per heavy atom. The van der Waals surface area contributed by atoms with Gasteiger partial charge in [-0.3, -0.25) is 0 Å². The molecule has 0 saturated carbocycles. The molecule has 2 N–H and O–H groups in total. The standard InChI is InChI=1S/C18H14N2O2/c21-14-7-1-4-12-9-10-16(19-17(12)14)20-11-3-6-13-5-2-8-15(22)18(13)20/h1-11,18,21-22H. The van der Waals surface area contributed by atoms with Crippen LogP contribution in [0.15, 0.2) is 78.2 Å². The summed E-state index contributed by atoms with van der Waals surface area (Å²) in [7, 11) is 0. The average Bonchev–Trinajstić information content (AvgIpc) is 2.55. The number of aliphatic hydroxyl groups is 1. The van der Waals surface area contributed by atoms with E-state index in [1.807, 2.05) is 53.6 Å². The summed E-state index contributed by atoms with van der Waals surface area (Å²) in [6.07, 6.45) is 11.3. The Hall–Kier alpha value is -3.01. The molecule has 0 amide bonds. The summed E-state index contributed by atoms with van der Waals surface area (Å²) in [5.41, 5.74) is 1.56. The molecular formula is C18H14N2O2. The van der Waals surface area contributed by atoms with Gasteiger partial charge in [-0.25, -0.2) is 4.98 Å². The predicted octanol–water partition coefficient (Wildman–Crippen LogP) is 3.58. The number of pyridine rings is 1. The number of nitrogens with zero attached hydrogens (tertiary/aromatic N) is 2. The topological polar surface area (TPSA) is 56.6 Å². The third-order valence-corrected chi connectivity index (χ3v) is 3.91. The van der Waals surface area contributed by atoms with Crippen molar-refractivity contribution in [2.24, 2.45) is 0 Å². The minimum atomic E-state index is -0.272. The lowest BCUT2D eigenvalue weighted by molar-refractivity contribution is 0.377. The molecule has 1 aromatic heterocycles. The first-order valence-corrected chi connectivity index (χ1v) is 7.07. The summed E-state index contributed by atoms with van der Waals surface area (Å²) in [4.78, 5) is 6.46. The van der Waals surface area contributed by atoms with Crippen molar-refractivity contribution in [2.75, 3.05) is 4.90 Å². The summed E-state index contributed by atoms with van der Waals surface area (Å²) in [5.74, 6) is 1.10. The number of hydrogen-bond acceptors (Lipinski definition) is 4. The van der Waals surface area contributed by atoms with Gasteiger partial charge in [0, 0.05) is 11.6 Å². The van der Waals surface area contributed by atoms with E-state index in [-0.39, 0.29) is 17.6 Å². The van der Waals surface area contributed by atoms with Crippen molar-refractivity contribution >= 4 is 16.7 Å². The van der Waals surface area contributed by atoms with Crippen LogP contribution >= 0.6 is 0 Å². The number of hydrogen-bond donors (Lipinski definition) is 2. The molecule has 22 heavy (non-hydrogen) atoms. The van der Waals surface area contributed by atoms with Crippen molar-refractivity contribution in [2.45, 2.75) is 6.04 Å². The van der Waals surface area contributed by atoms with E-state index in [0.717, 1.165) is 11.0 Å². The van der Waals surface area contributed by atoms with Crippen LogP contribution in [0.1, 0.15) is 0 Å². The highest BCUT2D eigenvalue weighted by Gasteiger charge is 2.28. The highest BCUT2D eigenvalue weighted by Crippen LogP contribution is 2.32. The van der Waals surface area contributed by atoms with Crippen LogP contribution in [-0.2, 0) is 0 Å². The van der Waals surface area contributed by atoms with Crippen molar-refractivity contribution < 1.29 is 10.2 Å². The molecule has 1 aliphatic heterocycles. The fourth-order valence-electron chi connectivity index (χ4n) is 2.87. The second kappa shape index (κ2) is 4.77. The Bertz CT molecular complexity index is 878. The SMILES string of the molecule is OC1=CC=CC2=CC=CN(c3ccc4cccc(O)c4n3)C12. The smallest absolute Gasteiger partial charge is 0.141 e. The van der Waals surface area contributed by atoms with Gasteiger partial charge in [-0.05, 0) is 35.9 Å². The van der Waals surface area contributed by atoms with Gasteiger partial charge in [-0.1, -0.05) is 30.4 Å². The Kier molecular flexibility index (Phi) is 2.76. The molecule has 4 rings (SSSR count). The molecule has 108 valence electrons. The fourth-order valence-corrected chi connectivity index (χ4v) is 2.87. The molecule has 0 bridgehead atoms. The number of aliphatic hydroxyl groups excluding tert-OH is 1. The second-order valence-corrected chi connectivity index (χ2v) is 5.29. The van der Waals surface area contributed by atoms with Crippen LogP contribution in [0.4, 0.5) is 5.82 Å². The molecule has 1 aliphatic carbocycles. The van der Waals surface area contributed by atoms with Gasteiger partial charge in [0.1, 0.15) is 28.9 Å². The van der Waals surface area contributed by atoms with Crippen LogP contribution in [0.5, 0.6) is 5.75 Å². The largest absolute Gasteiger partial charge is 0.510 e. The van der Waals surface area contributed by atoms with E-state index in [0.29, 0.717) is 11.3 Å². The molecule has 4 heteroatoms. The van der Waals surface area contributed by atoms with Crippen molar-refractivity contribution in [1.29, 1.82) is 0 Å². The van der Waals surface area contributed by atoms with E-state index in [9.17, 15) is 10.2 Å². The van der Waals surface area contributed by atoms with Crippen molar-refractivity contribution in [1.82, 2.24) is 4.98 Å². The van der Waals surface area contributed by atoms with Gasteiger partial charge >= 0.3 is 0 Å². The monoisotopic (exact) mass is 290 g/mol. The quantitative estimate of drug-likeness (QED) is 0.843. The Morgan fingerprint density at radius 2 is 1.91 bits per heavy atom. The van der Waals surface area contributed by atoms with Crippen LogP contribution in [0, 0.1) is 0 Å². The molecule has 2 heterocycles. The van der Waals surface area contributed by atoms with Gasteiger partial charge in [0.25, 0.3) is 0 Å². The first kappa shape index (κ1) is 12.7. The lowest BCUT2D eigenvalue weighted by atomic mass is 9.96. The minimum Gasteiger partial charge on any atom is -0.510 e. The number of aromatic hydroxyl groups is 1. The number of phenols is 1. The number of rotatable bonds is 1. The third kappa shape index (κ3) is 1.89. The average molecular weight is 290 g/mol. The van der Waals surface area contributed by atoms with E-state index in [1.165, 1.54) is 0 Å². The highest BCUT2D eigenvalue weighted by molar-refractivity contribution is 5.86. The maximum atomic E-state index is 10.2. The van der Waals surface area contributed by atoms with Crippen LogP contribution in [0.25, 0.3) is 10.9 Å². The van der Waals surface area contributed by atoms with Crippen molar-refractivity contribution in [3.05, 3.63) is 78.2 Å². The van der Waals surface area contributed by atoms with Gasteiger partial charge in [-0.15, -0.1) is 0 Å². The van der Waals surface area contributed by atoms with Gasteiger partial charge < -0.3 is 15.1 Å². The second-order valence-electron chi connectivity index (χ2n) is 5.29. The molecule has 0 fully saturated rings. The molecule has 2 aromatic rings. The summed E-state index contributed by atoms with van der Waals surface area (Å²) in [5, 5.41) is 21.1. The first-order chi connectivity index (χ1) is 10.7. The van der Waals surface area contributed by atoms with E-state index >= 15 is 0 Å². The first-order valence-electron chi connectivity index (χ1n) is 7.07. The van der Waals surface area contributed by atoms with E-state index in [1.54, 1.807) is 18.2 Å². The summed E-state index contributed by atoms with van der Waals surface area (Å²) < 4.78 is 0. The molecule has 0 radical (unpaired) electrons. The zero-order valence-corrected chi connectivity index (χ0v) is 11.7. The van der Waals surface area contributed by atoms with Crippen molar-refractivity contribution in [3.8, 4) is 5.75 Å². The number of anilines is 1. The lowest BCUT2D eigenvalue weighted by Crippen LogP contribution is -2.36. The Morgan fingerprint density at radius 1 is 1.00 bits per heavy atom. The summed E-state index contributed by atoms with van der Waals surface area (Å²) in [6.45, 7) is 0. The molecular weight excluding hydrogens is 276 g/mol. The van der Waals surface area contributed by atoms with Crippen LogP contribution < -0.4 is 4.90 Å². The van der Waals surface area contributed by atoms with Crippen molar-refractivity contribution in [3.63, 3.8) is 0 Å². The zero-order valence-electron chi connectivity index (χ0n) is 11.7. The molecule has 4 nitrogen and oxygen atoms in total. The van der Waals surface area contributed by atoms with Gasteiger partial charge in [0.2, 0.25) is 0 Å². The zero-order chi connectivity index (χ0) is 15.1. The molecule has 0 spiro atoms. The number of fused-ring (bicyclic) bond motifs is 2. The number of allylic oxidation sites excluding steroid dienone is 4. The molecule has 1 aromatic carbocycles. The Labute approximate surface area is 127 Å². The fraction of sp³-hybridized carbons (Fsp3) is 0.0556. The van der Waals surface area contributed by atoms with E-state index in [4.69, 9.17) is 0 Å². The number of aromatic nitrogens is 1. The minimum absolute atomic E-state index is 0.152. The predicted molar refractivity (Wildman–Crippen MR) is 86.7 cm³/mol. The summed E-state index contributed by atoms with van der Waals surface area (Å²) >= 11 is 0. The maximum absolute atomic E-state index is 10.2. The maximum Gasteiger partial charge on any atom is 0.141 e. The normalized spacial score (nSPS) is 19.8. The third-order valence-electron chi connectivity index (χ3n) is 3.91. The number of para-hydroxylation sites is 1. The van der Waals surface area contributed by atoms with Gasteiger partial charge in [-0.2, -0.15) is 0 Å². The number of benzene rings is 1. The lowest BCUT2D eigenvalue weighted by Gasteiger charge is -2.33. The molecule has 2 aliphatic rings. The van der Waals surface area contributed by atoms with Crippen LogP contribution in [0.3, 0.4) is 0 Å². The van der Waals surface area contributed by atoms with Gasteiger partial charge in [0.05, 0.1) is 0 Å². The van der Waals surface area contributed by atoms with E-state index < -0.39 is 0 Å². The molecule has 1 unspecified atom stereocenters. The number of phenolic OH excluding ortho intramolecular Hbond substituents is 1. The van der Waals surface area contributed by atoms with Crippen LogP contribution in [0.2, 0.25) is 0 Å². The van der Waals surface area contributed by atoms with E-state index in [2.05, 4.69) is 4.98 Å².